The van der Waals surface area contributed by atoms with Crippen LogP contribution >= 0.6 is 0 Å². The van der Waals surface area contributed by atoms with Crippen LogP contribution in [0.25, 0.3) is 0 Å². The van der Waals surface area contributed by atoms with E-state index in [9.17, 15) is 9.59 Å². The van der Waals surface area contributed by atoms with Gasteiger partial charge in [-0.25, -0.2) is 5.43 Å². The molecule has 3 rings (SSSR count). The molecule has 6 nitrogen and oxygen atoms in total. The molecular weight excluding hydrogens is 342 g/mol. The van der Waals surface area contributed by atoms with Crippen LogP contribution in [0.1, 0.15) is 28.6 Å². The molecule has 6 heteroatoms. The number of carbonyl (C=O) groups is 2. The van der Waals surface area contributed by atoms with Gasteiger partial charge in [0.05, 0.1) is 18.4 Å². The van der Waals surface area contributed by atoms with Crippen molar-refractivity contribution in [2.24, 2.45) is 5.10 Å². The molecule has 1 aromatic heterocycles. The smallest absolute Gasteiger partial charge is 0.291 e. The van der Waals surface area contributed by atoms with Gasteiger partial charge in [0.15, 0.2) is 5.76 Å². The average molecular weight is 361 g/mol. The van der Waals surface area contributed by atoms with E-state index in [0.717, 1.165) is 11.1 Å². The molecule has 0 fully saturated rings. The highest BCUT2D eigenvalue weighted by Crippen LogP contribution is 2.12. The van der Waals surface area contributed by atoms with E-state index >= 15 is 0 Å². The van der Waals surface area contributed by atoms with E-state index in [1.165, 1.54) is 6.26 Å². The third kappa shape index (κ3) is 5.15. The van der Waals surface area contributed by atoms with Crippen molar-refractivity contribution < 1.29 is 14.0 Å². The van der Waals surface area contributed by atoms with Crippen molar-refractivity contribution in [1.29, 1.82) is 0 Å². The Morgan fingerprint density at radius 2 is 1.70 bits per heavy atom. The highest BCUT2D eigenvalue weighted by molar-refractivity contribution is 6.03. The second-order valence-corrected chi connectivity index (χ2v) is 5.90. The van der Waals surface area contributed by atoms with Crippen molar-refractivity contribution in [2.45, 2.75) is 13.3 Å². The van der Waals surface area contributed by atoms with Gasteiger partial charge in [0.2, 0.25) is 5.91 Å². The van der Waals surface area contributed by atoms with Gasteiger partial charge in [-0.3, -0.25) is 9.59 Å². The Bertz CT molecular complexity index is 931. The van der Waals surface area contributed by atoms with Gasteiger partial charge in [-0.2, -0.15) is 5.10 Å². The Morgan fingerprint density at radius 1 is 0.963 bits per heavy atom. The Hall–Kier alpha value is -3.67. The first kappa shape index (κ1) is 18.1. The first-order chi connectivity index (χ1) is 13.1. The van der Waals surface area contributed by atoms with Gasteiger partial charge in [-0.05, 0) is 42.3 Å². The standard InChI is InChI=1S/C21H19N3O3/c1-15(23-24-20(25)14-16-6-3-2-4-7-16)17-9-11-18(12-10-17)22-21(26)19-8-5-13-27-19/h2-13H,14H2,1H3,(H,22,26)(H,24,25). The van der Waals surface area contributed by atoms with Crippen LogP contribution in [0.5, 0.6) is 0 Å². The maximum Gasteiger partial charge on any atom is 0.291 e. The van der Waals surface area contributed by atoms with Crippen LogP contribution in [0.2, 0.25) is 0 Å². The maximum atomic E-state index is 12.0. The summed E-state index contributed by atoms with van der Waals surface area (Å²) >= 11 is 0. The van der Waals surface area contributed by atoms with Crippen LogP contribution in [-0.4, -0.2) is 17.5 Å². The first-order valence-electron chi connectivity index (χ1n) is 8.44. The molecule has 0 aliphatic heterocycles. The summed E-state index contributed by atoms with van der Waals surface area (Å²) < 4.78 is 5.06. The van der Waals surface area contributed by atoms with E-state index in [1.54, 1.807) is 31.2 Å². The van der Waals surface area contributed by atoms with Crippen LogP contribution < -0.4 is 10.7 Å². The fraction of sp³-hybridized carbons (Fsp3) is 0.0952. The van der Waals surface area contributed by atoms with Crippen molar-refractivity contribution in [3.63, 3.8) is 0 Å². The monoisotopic (exact) mass is 361 g/mol. The fourth-order valence-electron chi connectivity index (χ4n) is 2.43. The number of furan rings is 1. The van der Waals surface area contributed by atoms with Gasteiger partial charge in [0.1, 0.15) is 0 Å². The molecular formula is C21H19N3O3. The molecule has 0 radical (unpaired) electrons. The lowest BCUT2D eigenvalue weighted by Crippen LogP contribution is -2.21. The van der Waals surface area contributed by atoms with Gasteiger partial charge in [0, 0.05) is 5.69 Å². The lowest BCUT2D eigenvalue weighted by Gasteiger charge is -2.06. The molecule has 0 atom stereocenters. The van der Waals surface area contributed by atoms with Gasteiger partial charge >= 0.3 is 0 Å². The number of hydrogen-bond acceptors (Lipinski definition) is 4. The minimum Gasteiger partial charge on any atom is -0.459 e. The largest absolute Gasteiger partial charge is 0.459 e. The Kier molecular flexibility index (Phi) is 5.79. The SMILES string of the molecule is CC(=NNC(=O)Cc1ccccc1)c1ccc(NC(=O)c2ccco2)cc1. The summed E-state index contributed by atoms with van der Waals surface area (Å²) in [7, 11) is 0. The lowest BCUT2D eigenvalue weighted by molar-refractivity contribution is -0.120. The molecule has 2 amide bonds. The predicted octanol–water partition coefficient (Wildman–Crippen LogP) is 3.61. The summed E-state index contributed by atoms with van der Waals surface area (Å²) in [6.07, 6.45) is 1.72. The Labute approximate surface area is 156 Å². The molecule has 2 N–H and O–H groups in total. The van der Waals surface area contributed by atoms with Gasteiger partial charge < -0.3 is 9.73 Å². The third-order valence-corrected chi connectivity index (χ3v) is 3.86. The number of nitrogens with zero attached hydrogens (tertiary/aromatic N) is 1. The van der Waals surface area contributed by atoms with E-state index < -0.39 is 0 Å². The lowest BCUT2D eigenvalue weighted by atomic mass is 10.1. The van der Waals surface area contributed by atoms with Crippen LogP contribution in [0, 0.1) is 0 Å². The number of amides is 2. The highest BCUT2D eigenvalue weighted by Gasteiger charge is 2.09. The van der Waals surface area contributed by atoms with E-state index in [1.807, 2.05) is 42.5 Å². The number of benzene rings is 2. The van der Waals surface area contributed by atoms with Crippen LogP contribution in [0.3, 0.4) is 0 Å². The Balaban J connectivity index is 1.56. The normalized spacial score (nSPS) is 11.1. The molecule has 3 aromatic rings. The zero-order valence-electron chi connectivity index (χ0n) is 14.8. The van der Waals surface area contributed by atoms with E-state index in [0.29, 0.717) is 11.4 Å². The van der Waals surface area contributed by atoms with Crippen LogP contribution in [0.15, 0.2) is 82.5 Å². The van der Waals surface area contributed by atoms with Crippen LogP contribution in [0.4, 0.5) is 5.69 Å². The predicted molar refractivity (Wildman–Crippen MR) is 104 cm³/mol. The second-order valence-electron chi connectivity index (χ2n) is 5.90. The average Bonchev–Trinajstić information content (AvgIpc) is 3.22. The third-order valence-electron chi connectivity index (χ3n) is 3.86. The molecule has 2 aromatic carbocycles. The summed E-state index contributed by atoms with van der Waals surface area (Å²) in [6.45, 7) is 1.80. The van der Waals surface area contributed by atoms with Crippen molar-refractivity contribution in [3.05, 3.63) is 89.9 Å². The van der Waals surface area contributed by atoms with E-state index in [-0.39, 0.29) is 24.0 Å². The molecule has 136 valence electrons. The number of rotatable bonds is 6. The topological polar surface area (TPSA) is 83.7 Å². The van der Waals surface area contributed by atoms with Crippen LogP contribution in [-0.2, 0) is 11.2 Å². The van der Waals surface area contributed by atoms with Gasteiger partial charge in [-0.15, -0.1) is 0 Å². The molecule has 0 spiro atoms. The fourth-order valence-corrected chi connectivity index (χ4v) is 2.43. The minimum absolute atomic E-state index is 0.178. The number of carbonyl (C=O) groups excluding carboxylic acids is 2. The first-order valence-corrected chi connectivity index (χ1v) is 8.44. The highest BCUT2D eigenvalue weighted by atomic mass is 16.3. The van der Waals surface area contributed by atoms with Crippen molar-refractivity contribution in [1.82, 2.24) is 5.43 Å². The van der Waals surface area contributed by atoms with Crippen molar-refractivity contribution in [3.8, 4) is 0 Å². The number of nitrogens with one attached hydrogen (secondary N) is 2. The summed E-state index contributed by atoms with van der Waals surface area (Å²) in [6, 6.07) is 19.9. The van der Waals surface area contributed by atoms with Gasteiger partial charge in [-0.1, -0.05) is 42.5 Å². The summed E-state index contributed by atoms with van der Waals surface area (Å²) in [5.74, 6) is -0.243. The van der Waals surface area contributed by atoms with Gasteiger partial charge in [0.25, 0.3) is 5.91 Å². The van der Waals surface area contributed by atoms with Crippen molar-refractivity contribution >= 4 is 23.2 Å². The second kappa shape index (κ2) is 8.62. The Morgan fingerprint density at radius 3 is 2.37 bits per heavy atom. The molecule has 1 heterocycles. The zero-order valence-corrected chi connectivity index (χ0v) is 14.8. The number of hydrogen-bond donors (Lipinski definition) is 2. The van der Waals surface area contributed by atoms with E-state index in [4.69, 9.17) is 4.42 Å². The molecule has 0 saturated heterocycles. The molecule has 0 aliphatic carbocycles. The molecule has 27 heavy (non-hydrogen) atoms. The van der Waals surface area contributed by atoms with Crippen molar-refractivity contribution in [2.75, 3.05) is 5.32 Å². The molecule has 0 saturated carbocycles. The number of hydrazone groups is 1. The summed E-state index contributed by atoms with van der Waals surface area (Å²) in [5, 5.41) is 6.88. The molecule has 0 unspecified atom stereocenters. The maximum absolute atomic E-state index is 12.0. The van der Waals surface area contributed by atoms with E-state index in [2.05, 4.69) is 15.8 Å². The minimum atomic E-state index is -0.314. The molecule has 0 aliphatic rings. The summed E-state index contributed by atoms with van der Waals surface area (Å²) in [4.78, 5) is 23.9. The zero-order chi connectivity index (χ0) is 19.1. The molecule has 0 bridgehead atoms. The number of anilines is 1. The summed E-state index contributed by atoms with van der Waals surface area (Å²) in [5.41, 5.74) is 5.64. The quantitative estimate of drug-likeness (QED) is 0.520.